The fourth-order valence-electron chi connectivity index (χ4n) is 3.68. The number of nitrogens with one attached hydrogen (secondary N) is 1. The molecule has 2 aromatic carbocycles. The van der Waals surface area contributed by atoms with Crippen LogP contribution in [0.4, 0.5) is 4.39 Å². The van der Waals surface area contributed by atoms with Crippen molar-refractivity contribution in [2.24, 2.45) is 5.73 Å². The molecule has 1 aliphatic rings. The summed E-state index contributed by atoms with van der Waals surface area (Å²) in [6, 6.07) is 12.8. The highest BCUT2D eigenvalue weighted by Crippen LogP contribution is 2.24. The average molecular weight is 430 g/mol. The van der Waals surface area contributed by atoms with Gasteiger partial charge in [-0.15, -0.1) is 0 Å². The predicted molar refractivity (Wildman–Crippen MR) is 119 cm³/mol. The third-order valence-electron chi connectivity index (χ3n) is 5.16. The first-order chi connectivity index (χ1) is 15.0. The molecule has 2 atom stereocenters. The van der Waals surface area contributed by atoms with Crippen LogP contribution in [0.3, 0.4) is 0 Å². The Morgan fingerprint density at radius 1 is 1.16 bits per heavy atom. The third kappa shape index (κ3) is 6.60. The van der Waals surface area contributed by atoms with Gasteiger partial charge in [0.2, 0.25) is 11.8 Å². The molecular formula is C24H32FN3O3. The molecule has 31 heavy (non-hydrogen) atoms. The average Bonchev–Trinajstić information content (AvgIpc) is 2.79. The quantitative estimate of drug-likeness (QED) is 0.629. The first-order valence-electron chi connectivity index (χ1n) is 10.7. The van der Waals surface area contributed by atoms with Gasteiger partial charge in [0.05, 0.1) is 6.61 Å². The molecular weight excluding hydrogens is 397 g/mol. The van der Waals surface area contributed by atoms with Gasteiger partial charge in [-0.2, -0.15) is 0 Å². The minimum atomic E-state index is -0.662. The van der Waals surface area contributed by atoms with Crippen LogP contribution >= 0.6 is 0 Å². The van der Waals surface area contributed by atoms with Crippen LogP contribution < -0.4 is 11.1 Å². The molecule has 1 unspecified atom stereocenters. The molecule has 3 rings (SSSR count). The van der Waals surface area contributed by atoms with Gasteiger partial charge in [0.15, 0.2) is 0 Å². The van der Waals surface area contributed by atoms with Crippen LogP contribution in [0.5, 0.6) is 0 Å². The zero-order valence-electron chi connectivity index (χ0n) is 18.2. The van der Waals surface area contributed by atoms with Crippen LogP contribution in [0.25, 0.3) is 0 Å². The summed E-state index contributed by atoms with van der Waals surface area (Å²) in [5, 5.41) is 11.6. The summed E-state index contributed by atoms with van der Waals surface area (Å²) in [5.74, 6) is -0.888. The van der Waals surface area contributed by atoms with E-state index >= 15 is 0 Å². The van der Waals surface area contributed by atoms with Crippen LogP contribution in [0.2, 0.25) is 0 Å². The van der Waals surface area contributed by atoms with Gasteiger partial charge >= 0.3 is 0 Å². The molecule has 0 aromatic heterocycles. The van der Waals surface area contributed by atoms with Crippen LogP contribution in [0.15, 0.2) is 48.5 Å². The molecule has 0 saturated carbocycles. The number of amides is 2. The zero-order valence-corrected chi connectivity index (χ0v) is 18.2. The second-order valence-electron chi connectivity index (χ2n) is 7.28. The monoisotopic (exact) mass is 429 g/mol. The molecule has 6 nitrogen and oxygen atoms in total. The van der Waals surface area contributed by atoms with Gasteiger partial charge in [-0.05, 0) is 29.2 Å². The van der Waals surface area contributed by atoms with Crippen molar-refractivity contribution in [2.75, 3.05) is 13.2 Å². The molecule has 2 aromatic rings. The van der Waals surface area contributed by atoms with Crippen molar-refractivity contribution < 1.29 is 19.1 Å². The van der Waals surface area contributed by atoms with Crippen LogP contribution in [0.1, 0.15) is 37.0 Å². The van der Waals surface area contributed by atoms with E-state index in [9.17, 15) is 14.0 Å². The topological polar surface area (TPSA) is 95.7 Å². The minimum absolute atomic E-state index is 0.0142. The highest BCUT2D eigenvalue weighted by molar-refractivity contribution is 5.88. The van der Waals surface area contributed by atoms with Crippen molar-refractivity contribution in [3.8, 4) is 0 Å². The summed E-state index contributed by atoms with van der Waals surface area (Å²) in [6.45, 7) is 4.28. The van der Waals surface area contributed by atoms with Crippen molar-refractivity contribution in [2.45, 2.75) is 51.7 Å². The lowest BCUT2D eigenvalue weighted by Gasteiger charge is -2.36. The van der Waals surface area contributed by atoms with E-state index < -0.39 is 12.1 Å². The van der Waals surface area contributed by atoms with Crippen molar-refractivity contribution in [3.63, 3.8) is 0 Å². The Morgan fingerprint density at radius 3 is 2.48 bits per heavy atom. The SMILES string of the molecule is CC.NC(CC(=O)N1Cc2ccccc2C[C@H]1C(=O)NCCO)Cc1ccccc1F. The second-order valence-corrected chi connectivity index (χ2v) is 7.28. The van der Waals surface area contributed by atoms with Gasteiger partial charge < -0.3 is 21.1 Å². The largest absolute Gasteiger partial charge is 0.395 e. The van der Waals surface area contributed by atoms with Crippen LogP contribution in [0, 0.1) is 5.82 Å². The second kappa shape index (κ2) is 12.2. The van der Waals surface area contributed by atoms with Crippen LogP contribution in [-0.2, 0) is 29.0 Å². The highest BCUT2D eigenvalue weighted by atomic mass is 19.1. The number of rotatable bonds is 7. The van der Waals surface area contributed by atoms with Gasteiger partial charge in [0.1, 0.15) is 11.9 Å². The smallest absolute Gasteiger partial charge is 0.243 e. The molecule has 1 aliphatic heterocycles. The van der Waals surface area contributed by atoms with Gasteiger partial charge in [-0.1, -0.05) is 56.3 Å². The molecule has 0 aliphatic carbocycles. The molecule has 0 radical (unpaired) electrons. The Labute approximate surface area is 183 Å². The normalized spacial score (nSPS) is 15.9. The summed E-state index contributed by atoms with van der Waals surface area (Å²) >= 11 is 0. The van der Waals surface area contributed by atoms with Crippen molar-refractivity contribution in [3.05, 3.63) is 71.0 Å². The summed E-state index contributed by atoms with van der Waals surface area (Å²) in [7, 11) is 0. The summed E-state index contributed by atoms with van der Waals surface area (Å²) < 4.78 is 13.9. The Hall–Kier alpha value is -2.77. The lowest BCUT2D eigenvalue weighted by molar-refractivity contribution is -0.142. The van der Waals surface area contributed by atoms with Gasteiger partial charge in [0.25, 0.3) is 0 Å². The first kappa shape index (κ1) is 24.5. The van der Waals surface area contributed by atoms with Gasteiger partial charge in [0, 0.05) is 32.0 Å². The van der Waals surface area contributed by atoms with E-state index in [0.717, 1.165) is 11.1 Å². The Balaban J connectivity index is 0.00000166. The molecule has 1 heterocycles. The predicted octanol–water partition coefficient (Wildman–Crippen LogP) is 2.17. The van der Waals surface area contributed by atoms with E-state index in [2.05, 4.69) is 5.32 Å². The maximum Gasteiger partial charge on any atom is 0.243 e. The molecule has 168 valence electrons. The Kier molecular flexibility index (Phi) is 9.62. The maximum absolute atomic E-state index is 13.9. The molecule has 4 N–H and O–H groups in total. The Bertz CT molecular complexity index is 875. The van der Waals surface area contributed by atoms with E-state index in [0.29, 0.717) is 18.5 Å². The van der Waals surface area contributed by atoms with Gasteiger partial charge in [-0.3, -0.25) is 9.59 Å². The number of benzene rings is 2. The number of hydrogen-bond donors (Lipinski definition) is 3. The van der Waals surface area contributed by atoms with Crippen molar-refractivity contribution >= 4 is 11.8 Å². The summed E-state index contributed by atoms with van der Waals surface area (Å²) in [5.41, 5.74) is 8.62. The minimum Gasteiger partial charge on any atom is -0.395 e. The number of halogens is 1. The third-order valence-corrected chi connectivity index (χ3v) is 5.16. The molecule has 0 fully saturated rings. The van der Waals surface area contributed by atoms with E-state index in [1.165, 1.54) is 11.0 Å². The molecule has 7 heteroatoms. The van der Waals surface area contributed by atoms with Crippen molar-refractivity contribution in [1.82, 2.24) is 10.2 Å². The van der Waals surface area contributed by atoms with Gasteiger partial charge in [-0.25, -0.2) is 4.39 Å². The van der Waals surface area contributed by atoms with E-state index in [1.807, 2.05) is 38.1 Å². The number of aliphatic hydroxyl groups excluding tert-OH is 1. The van der Waals surface area contributed by atoms with E-state index in [4.69, 9.17) is 10.8 Å². The molecule has 0 saturated heterocycles. The number of fused-ring (bicyclic) bond motifs is 1. The van der Waals surface area contributed by atoms with E-state index in [1.54, 1.807) is 18.2 Å². The lowest BCUT2D eigenvalue weighted by atomic mass is 9.92. The summed E-state index contributed by atoms with van der Waals surface area (Å²) in [6.07, 6.45) is 0.659. The standard InChI is InChI=1S/C22H26FN3O3.C2H6/c23-19-8-4-3-6-16(19)11-18(24)13-21(28)26-14-17-7-2-1-5-15(17)12-20(26)22(29)25-9-10-27;1-2/h1-8,18,20,27H,9-14,24H2,(H,25,29);1-2H3/t18?,20-;/m0./s1. The van der Waals surface area contributed by atoms with Crippen molar-refractivity contribution in [1.29, 1.82) is 0 Å². The Morgan fingerprint density at radius 2 is 1.81 bits per heavy atom. The molecule has 0 spiro atoms. The fraction of sp³-hybridized carbons (Fsp3) is 0.417. The number of nitrogens with two attached hydrogens (primary N) is 1. The molecule has 2 amide bonds. The highest BCUT2D eigenvalue weighted by Gasteiger charge is 2.34. The van der Waals surface area contributed by atoms with E-state index in [-0.39, 0.29) is 43.6 Å². The fourth-order valence-corrected chi connectivity index (χ4v) is 3.68. The number of nitrogens with zero attached hydrogens (tertiary/aromatic N) is 1. The number of carbonyl (C=O) groups is 2. The maximum atomic E-state index is 13.9. The lowest BCUT2D eigenvalue weighted by Crippen LogP contribution is -2.53. The zero-order chi connectivity index (χ0) is 22.8. The number of hydrogen-bond acceptors (Lipinski definition) is 4. The summed E-state index contributed by atoms with van der Waals surface area (Å²) in [4.78, 5) is 27.1. The number of carbonyl (C=O) groups excluding carboxylic acids is 2. The molecule has 0 bridgehead atoms. The first-order valence-corrected chi connectivity index (χ1v) is 10.7. The van der Waals surface area contributed by atoms with Crippen LogP contribution in [-0.4, -0.2) is 47.1 Å². The number of aliphatic hydroxyl groups is 1.